The zero-order chi connectivity index (χ0) is 25.2. The Morgan fingerprint density at radius 1 is 0.889 bits per heavy atom. The number of pyridine rings is 1. The zero-order valence-electron chi connectivity index (χ0n) is 20.3. The summed E-state index contributed by atoms with van der Waals surface area (Å²) < 4.78 is 0. The summed E-state index contributed by atoms with van der Waals surface area (Å²) in [5.74, 6) is -1.30. The molecule has 0 radical (unpaired) electrons. The second-order valence-corrected chi connectivity index (χ2v) is 9.09. The number of fused-ring (bicyclic) bond motifs is 1. The molecule has 6 nitrogen and oxygen atoms in total. The number of carboxylic acid groups (broad SMARTS) is 1. The largest absolute Gasteiger partial charge is 0.481 e. The van der Waals surface area contributed by atoms with Crippen LogP contribution in [0.2, 0.25) is 0 Å². The third kappa shape index (κ3) is 4.38. The van der Waals surface area contributed by atoms with Crippen molar-refractivity contribution in [2.24, 2.45) is 5.10 Å². The van der Waals surface area contributed by atoms with Crippen LogP contribution in [0.1, 0.15) is 47.7 Å². The van der Waals surface area contributed by atoms with E-state index in [0.29, 0.717) is 6.42 Å². The molecule has 4 aromatic rings. The minimum absolute atomic E-state index is 0.102. The maximum Gasteiger partial charge on any atom is 0.303 e. The highest BCUT2D eigenvalue weighted by Crippen LogP contribution is 2.40. The van der Waals surface area contributed by atoms with Gasteiger partial charge >= 0.3 is 5.97 Å². The van der Waals surface area contributed by atoms with Crippen LogP contribution in [-0.2, 0) is 9.59 Å². The van der Waals surface area contributed by atoms with Gasteiger partial charge in [-0.3, -0.25) is 14.6 Å². The highest BCUT2D eigenvalue weighted by Gasteiger charge is 2.35. The Morgan fingerprint density at radius 2 is 1.58 bits per heavy atom. The molecular weight excluding hydrogens is 450 g/mol. The number of aryl methyl sites for hydroxylation is 2. The number of benzene rings is 3. The standard InChI is InChI=1S/C30H27N3O3/c1-19-10-6-7-13-22(19)26-18-25(32-33(26)27(34)16-17-28(35)36)29-20(2)31-24-15-9-8-14-23(24)30(29)21-11-4-3-5-12-21/h3-15,26H,16-18H2,1-2H3,(H,35,36)/t26-/m0/s1. The fourth-order valence-electron chi connectivity index (χ4n) is 5.02. The van der Waals surface area contributed by atoms with Gasteiger partial charge in [-0.15, -0.1) is 0 Å². The van der Waals surface area contributed by atoms with E-state index in [-0.39, 0.29) is 24.8 Å². The summed E-state index contributed by atoms with van der Waals surface area (Å²) in [6, 6.07) is 25.9. The molecule has 3 aromatic carbocycles. The average molecular weight is 478 g/mol. The number of hydrogen-bond donors (Lipinski definition) is 1. The second-order valence-electron chi connectivity index (χ2n) is 9.09. The van der Waals surface area contributed by atoms with Crippen LogP contribution in [0.5, 0.6) is 0 Å². The number of carbonyl (C=O) groups is 2. The number of aliphatic carboxylic acids is 1. The Morgan fingerprint density at radius 3 is 2.33 bits per heavy atom. The van der Waals surface area contributed by atoms with Gasteiger partial charge in [0.05, 0.1) is 23.7 Å². The molecule has 1 aromatic heterocycles. The summed E-state index contributed by atoms with van der Waals surface area (Å²) in [5, 5.41) is 16.5. The molecule has 0 fully saturated rings. The minimum Gasteiger partial charge on any atom is -0.481 e. The second kappa shape index (κ2) is 9.74. The third-order valence-electron chi connectivity index (χ3n) is 6.69. The Bertz CT molecular complexity index is 1490. The van der Waals surface area contributed by atoms with E-state index in [2.05, 4.69) is 18.2 Å². The molecule has 0 unspecified atom stereocenters. The normalized spacial score (nSPS) is 15.2. The van der Waals surface area contributed by atoms with E-state index in [1.807, 2.05) is 74.5 Å². The molecule has 180 valence electrons. The topological polar surface area (TPSA) is 82.9 Å². The summed E-state index contributed by atoms with van der Waals surface area (Å²) in [5.41, 5.74) is 7.62. The summed E-state index contributed by atoms with van der Waals surface area (Å²) in [6.45, 7) is 4.00. The number of para-hydroxylation sites is 1. The maximum absolute atomic E-state index is 13.2. The molecule has 36 heavy (non-hydrogen) atoms. The van der Waals surface area contributed by atoms with Crippen molar-refractivity contribution in [2.45, 2.75) is 39.2 Å². The molecule has 0 saturated carbocycles. The number of carbonyl (C=O) groups excluding carboxylic acids is 1. The van der Waals surface area contributed by atoms with Crippen LogP contribution in [0, 0.1) is 13.8 Å². The van der Waals surface area contributed by atoms with E-state index >= 15 is 0 Å². The Hall–Kier alpha value is -4.32. The number of hydrazone groups is 1. The highest BCUT2D eigenvalue weighted by molar-refractivity contribution is 6.14. The molecule has 5 rings (SSSR count). The van der Waals surface area contributed by atoms with E-state index < -0.39 is 5.97 Å². The van der Waals surface area contributed by atoms with Crippen LogP contribution < -0.4 is 0 Å². The van der Waals surface area contributed by atoms with E-state index in [0.717, 1.165) is 50.1 Å². The Kier molecular flexibility index (Phi) is 6.34. The third-order valence-corrected chi connectivity index (χ3v) is 6.69. The average Bonchev–Trinajstić information content (AvgIpc) is 3.32. The van der Waals surface area contributed by atoms with E-state index in [1.165, 1.54) is 5.01 Å². The molecule has 1 N–H and O–H groups in total. The molecule has 0 saturated heterocycles. The quantitative estimate of drug-likeness (QED) is 0.366. The minimum atomic E-state index is -1.000. The van der Waals surface area contributed by atoms with E-state index in [1.54, 1.807) is 0 Å². The van der Waals surface area contributed by atoms with Gasteiger partial charge in [0.1, 0.15) is 0 Å². The van der Waals surface area contributed by atoms with Gasteiger partial charge in [-0.1, -0.05) is 72.8 Å². The van der Waals surface area contributed by atoms with Crippen molar-refractivity contribution >= 4 is 28.5 Å². The van der Waals surface area contributed by atoms with Crippen LogP contribution in [0.25, 0.3) is 22.0 Å². The van der Waals surface area contributed by atoms with Crippen molar-refractivity contribution in [3.8, 4) is 11.1 Å². The lowest BCUT2D eigenvalue weighted by Gasteiger charge is -2.23. The number of aromatic nitrogens is 1. The molecule has 0 bridgehead atoms. The first kappa shape index (κ1) is 23.4. The first-order valence-corrected chi connectivity index (χ1v) is 12.1. The lowest BCUT2D eigenvalue weighted by Crippen LogP contribution is -2.27. The van der Waals surface area contributed by atoms with Crippen LogP contribution in [-0.4, -0.2) is 32.7 Å². The number of carboxylic acids is 1. The van der Waals surface area contributed by atoms with E-state index in [4.69, 9.17) is 15.2 Å². The summed E-state index contributed by atoms with van der Waals surface area (Å²) in [4.78, 5) is 29.3. The van der Waals surface area contributed by atoms with Gasteiger partial charge in [0.15, 0.2) is 0 Å². The first-order chi connectivity index (χ1) is 17.4. The number of hydrogen-bond acceptors (Lipinski definition) is 4. The molecule has 1 aliphatic rings. The van der Waals surface area contributed by atoms with Crippen LogP contribution in [0.3, 0.4) is 0 Å². The fourth-order valence-corrected chi connectivity index (χ4v) is 5.02. The zero-order valence-corrected chi connectivity index (χ0v) is 20.3. The van der Waals surface area contributed by atoms with Crippen molar-refractivity contribution in [2.75, 3.05) is 0 Å². The Balaban J connectivity index is 1.69. The van der Waals surface area contributed by atoms with Crippen molar-refractivity contribution in [3.63, 3.8) is 0 Å². The van der Waals surface area contributed by atoms with Gasteiger partial charge in [-0.05, 0) is 36.6 Å². The maximum atomic E-state index is 13.2. The smallest absolute Gasteiger partial charge is 0.303 e. The molecule has 1 amide bonds. The van der Waals surface area contributed by atoms with E-state index in [9.17, 15) is 9.59 Å². The monoisotopic (exact) mass is 477 g/mol. The molecule has 2 heterocycles. The lowest BCUT2D eigenvalue weighted by atomic mass is 9.88. The van der Waals surface area contributed by atoms with Crippen molar-refractivity contribution in [1.82, 2.24) is 9.99 Å². The van der Waals surface area contributed by atoms with Gasteiger partial charge in [-0.2, -0.15) is 5.10 Å². The van der Waals surface area contributed by atoms with Crippen LogP contribution in [0.4, 0.5) is 0 Å². The van der Waals surface area contributed by atoms with Gasteiger partial charge < -0.3 is 5.11 Å². The first-order valence-electron chi connectivity index (χ1n) is 12.1. The van der Waals surface area contributed by atoms with Crippen LogP contribution >= 0.6 is 0 Å². The van der Waals surface area contributed by atoms with Gasteiger partial charge in [0.25, 0.3) is 0 Å². The molecular formula is C30H27N3O3. The van der Waals surface area contributed by atoms with Gasteiger partial charge in [-0.25, -0.2) is 5.01 Å². The summed E-state index contributed by atoms with van der Waals surface area (Å²) in [7, 11) is 0. The van der Waals surface area contributed by atoms with Gasteiger partial charge in [0, 0.05) is 35.0 Å². The fraction of sp³-hybridized carbons (Fsp3) is 0.200. The van der Waals surface area contributed by atoms with Crippen LogP contribution in [0.15, 0.2) is 84.0 Å². The molecule has 6 heteroatoms. The predicted molar refractivity (Wildman–Crippen MR) is 141 cm³/mol. The van der Waals surface area contributed by atoms with Crippen molar-refractivity contribution < 1.29 is 14.7 Å². The highest BCUT2D eigenvalue weighted by atomic mass is 16.4. The van der Waals surface area contributed by atoms with Crippen molar-refractivity contribution in [3.05, 3.63) is 101 Å². The summed E-state index contributed by atoms with van der Waals surface area (Å²) in [6.07, 6.45) is 0.186. The predicted octanol–water partition coefficient (Wildman–Crippen LogP) is 6.06. The molecule has 1 aliphatic heterocycles. The molecule has 1 atom stereocenters. The summed E-state index contributed by atoms with van der Waals surface area (Å²) >= 11 is 0. The Labute approximate surface area is 209 Å². The number of rotatable bonds is 6. The molecule has 0 spiro atoms. The SMILES string of the molecule is Cc1ccccc1[C@@H]1CC(c2c(C)nc3ccccc3c2-c2ccccc2)=NN1C(=O)CCC(=O)O. The van der Waals surface area contributed by atoms with Crippen molar-refractivity contribution in [1.29, 1.82) is 0 Å². The lowest BCUT2D eigenvalue weighted by molar-refractivity contribution is -0.141. The molecule has 0 aliphatic carbocycles. The number of amides is 1. The van der Waals surface area contributed by atoms with Gasteiger partial charge in [0.2, 0.25) is 5.91 Å². The number of nitrogens with zero attached hydrogens (tertiary/aromatic N) is 3.